The van der Waals surface area contributed by atoms with E-state index in [2.05, 4.69) is 13.2 Å². The van der Waals surface area contributed by atoms with Gasteiger partial charge >= 0.3 is 0 Å². The van der Waals surface area contributed by atoms with Crippen molar-refractivity contribution in [2.45, 2.75) is 0 Å². The highest BCUT2D eigenvalue weighted by molar-refractivity contribution is 5.96. The van der Waals surface area contributed by atoms with Gasteiger partial charge in [-0.25, -0.2) is 8.78 Å². The molecule has 0 radical (unpaired) electrons. The lowest BCUT2D eigenvalue weighted by Gasteiger charge is -2.06. The van der Waals surface area contributed by atoms with Gasteiger partial charge in [-0.05, 0) is 29.7 Å². The van der Waals surface area contributed by atoms with E-state index in [4.69, 9.17) is 4.42 Å². The van der Waals surface area contributed by atoms with Gasteiger partial charge in [0.25, 0.3) is 0 Å². The summed E-state index contributed by atoms with van der Waals surface area (Å²) in [5.41, 5.74) is 0.180. The molecule has 0 unspecified atom stereocenters. The maximum absolute atomic E-state index is 13.8. The van der Waals surface area contributed by atoms with Crippen LogP contribution in [-0.2, 0) is 0 Å². The lowest BCUT2D eigenvalue weighted by molar-refractivity contribution is 0.517. The molecule has 1 aromatic heterocycles. The van der Waals surface area contributed by atoms with Crippen molar-refractivity contribution in [1.82, 2.24) is 0 Å². The molecule has 4 heteroatoms. The molecule has 0 saturated carbocycles. The Labute approximate surface area is 118 Å². The van der Waals surface area contributed by atoms with E-state index in [1.54, 1.807) is 0 Å². The Morgan fingerprint density at radius 1 is 1.05 bits per heavy atom. The van der Waals surface area contributed by atoms with Gasteiger partial charge in [-0.15, -0.1) is 0 Å². The summed E-state index contributed by atoms with van der Waals surface area (Å²) in [5, 5.41) is 0.662. The van der Waals surface area contributed by atoms with E-state index in [1.165, 1.54) is 30.4 Å². The molecular formula is C17H10F2O2. The highest BCUT2D eigenvalue weighted by Gasteiger charge is 2.14. The smallest absolute Gasteiger partial charge is 0.200 e. The molecule has 104 valence electrons. The molecule has 2 nitrogen and oxygen atoms in total. The fraction of sp³-hybridized carbons (Fsp3) is 0. The van der Waals surface area contributed by atoms with Gasteiger partial charge in [0.05, 0.1) is 10.9 Å². The maximum Gasteiger partial charge on any atom is 0.200 e. The van der Waals surface area contributed by atoms with Gasteiger partial charge in [0.1, 0.15) is 11.3 Å². The molecule has 3 aromatic rings. The zero-order chi connectivity index (χ0) is 15.1. The molecule has 21 heavy (non-hydrogen) atoms. The molecule has 0 atom stereocenters. The molecule has 0 aliphatic carbocycles. The number of halogens is 2. The van der Waals surface area contributed by atoms with Crippen molar-refractivity contribution in [3.8, 4) is 0 Å². The van der Waals surface area contributed by atoms with Gasteiger partial charge in [-0.2, -0.15) is 0 Å². The van der Waals surface area contributed by atoms with Gasteiger partial charge in [0.15, 0.2) is 11.6 Å². The molecule has 0 spiro atoms. The third-order valence-corrected chi connectivity index (χ3v) is 3.37. The zero-order valence-electron chi connectivity index (χ0n) is 11.0. The van der Waals surface area contributed by atoms with Crippen LogP contribution in [0.5, 0.6) is 0 Å². The Kier molecular flexibility index (Phi) is 2.94. The highest BCUT2D eigenvalue weighted by Crippen LogP contribution is 2.26. The zero-order valence-corrected chi connectivity index (χ0v) is 11.0. The fourth-order valence-corrected chi connectivity index (χ4v) is 2.33. The van der Waals surface area contributed by atoms with Crippen molar-refractivity contribution in [3.05, 3.63) is 70.6 Å². The Hall–Kier alpha value is -2.75. The van der Waals surface area contributed by atoms with Crippen LogP contribution in [0.15, 0.2) is 46.6 Å². The van der Waals surface area contributed by atoms with E-state index in [1.807, 2.05) is 0 Å². The van der Waals surface area contributed by atoms with E-state index in [9.17, 15) is 13.6 Å². The minimum Gasteiger partial charge on any atom is -0.456 e. The third-order valence-electron chi connectivity index (χ3n) is 3.37. The summed E-state index contributed by atoms with van der Waals surface area (Å²) in [6, 6.07) is 5.28. The quantitative estimate of drug-likeness (QED) is 0.648. The molecule has 0 saturated heterocycles. The van der Waals surface area contributed by atoms with E-state index >= 15 is 0 Å². The molecule has 0 amide bonds. The van der Waals surface area contributed by atoms with Gasteiger partial charge in [-0.3, -0.25) is 4.79 Å². The van der Waals surface area contributed by atoms with Crippen LogP contribution in [0, 0.1) is 11.6 Å². The van der Waals surface area contributed by atoms with Crippen molar-refractivity contribution >= 4 is 33.9 Å². The van der Waals surface area contributed by atoms with Crippen LogP contribution < -0.4 is 5.43 Å². The predicted molar refractivity (Wildman–Crippen MR) is 80.1 cm³/mol. The first-order valence-corrected chi connectivity index (χ1v) is 6.20. The van der Waals surface area contributed by atoms with E-state index in [0.29, 0.717) is 16.7 Å². The number of hydrogen-bond donors (Lipinski definition) is 0. The topological polar surface area (TPSA) is 30.2 Å². The molecule has 0 N–H and O–H groups in total. The summed E-state index contributed by atoms with van der Waals surface area (Å²) in [7, 11) is 0. The van der Waals surface area contributed by atoms with Crippen LogP contribution in [0.25, 0.3) is 33.9 Å². The Morgan fingerprint density at radius 3 is 2.48 bits per heavy atom. The number of rotatable bonds is 2. The SMILES string of the molecule is C=Cc1oc2cc3ccc(F)c(F)c3cc2c(=O)c1C=C. The van der Waals surface area contributed by atoms with E-state index < -0.39 is 11.6 Å². The molecule has 0 bridgehead atoms. The average molecular weight is 284 g/mol. The standard InChI is InChI=1S/C17H10F2O2/c1-3-10-14(4-2)21-15-7-9-5-6-13(18)16(19)11(9)8-12(15)17(10)20/h3-8H,1-2H2. The first-order chi connectivity index (χ1) is 10.1. The molecule has 0 fully saturated rings. The van der Waals surface area contributed by atoms with Gasteiger partial charge < -0.3 is 4.42 Å². The highest BCUT2D eigenvalue weighted by atomic mass is 19.2. The number of hydrogen-bond acceptors (Lipinski definition) is 2. The predicted octanol–water partition coefficient (Wildman–Crippen LogP) is 4.51. The second kappa shape index (κ2) is 4.66. The first kappa shape index (κ1) is 13.2. The minimum atomic E-state index is -0.984. The molecular weight excluding hydrogens is 274 g/mol. The second-order valence-electron chi connectivity index (χ2n) is 4.55. The van der Waals surface area contributed by atoms with Crippen LogP contribution in [0.3, 0.4) is 0 Å². The van der Waals surface area contributed by atoms with Crippen LogP contribution in [-0.4, -0.2) is 0 Å². The normalized spacial score (nSPS) is 11.0. The minimum absolute atomic E-state index is 0.0381. The third kappa shape index (κ3) is 1.88. The van der Waals surface area contributed by atoms with Crippen molar-refractivity contribution in [2.75, 3.05) is 0 Å². The van der Waals surface area contributed by atoms with E-state index in [-0.39, 0.29) is 21.8 Å². The summed E-state index contributed by atoms with van der Waals surface area (Å²) >= 11 is 0. The van der Waals surface area contributed by atoms with E-state index in [0.717, 1.165) is 6.07 Å². The second-order valence-corrected chi connectivity index (χ2v) is 4.55. The van der Waals surface area contributed by atoms with Crippen LogP contribution >= 0.6 is 0 Å². The van der Waals surface area contributed by atoms with Crippen LogP contribution in [0.2, 0.25) is 0 Å². The fourth-order valence-electron chi connectivity index (χ4n) is 2.33. The van der Waals surface area contributed by atoms with Gasteiger partial charge in [0, 0.05) is 5.39 Å². The lowest BCUT2D eigenvalue weighted by Crippen LogP contribution is -2.07. The van der Waals surface area contributed by atoms with Gasteiger partial charge in [-0.1, -0.05) is 25.3 Å². The summed E-state index contributed by atoms with van der Waals surface area (Å²) in [4.78, 5) is 12.4. The summed E-state index contributed by atoms with van der Waals surface area (Å²) in [5.74, 6) is -1.65. The Balaban J connectivity index is 2.55. The first-order valence-electron chi connectivity index (χ1n) is 6.20. The largest absolute Gasteiger partial charge is 0.456 e. The Bertz CT molecular complexity index is 968. The van der Waals surface area contributed by atoms with Crippen LogP contribution in [0.4, 0.5) is 8.78 Å². The average Bonchev–Trinajstić information content (AvgIpc) is 2.49. The number of fused-ring (bicyclic) bond motifs is 2. The maximum atomic E-state index is 13.8. The Morgan fingerprint density at radius 2 is 1.81 bits per heavy atom. The molecule has 0 aliphatic rings. The monoisotopic (exact) mass is 284 g/mol. The molecule has 0 aliphatic heterocycles. The van der Waals surface area contributed by atoms with Crippen molar-refractivity contribution in [2.24, 2.45) is 0 Å². The molecule has 2 aromatic carbocycles. The number of benzene rings is 2. The van der Waals surface area contributed by atoms with Crippen molar-refractivity contribution in [3.63, 3.8) is 0 Å². The summed E-state index contributed by atoms with van der Waals surface area (Å²) in [6.45, 7) is 7.14. The molecule has 3 rings (SSSR count). The lowest BCUT2D eigenvalue weighted by atomic mass is 10.0. The van der Waals surface area contributed by atoms with Crippen molar-refractivity contribution < 1.29 is 13.2 Å². The van der Waals surface area contributed by atoms with Crippen molar-refractivity contribution in [1.29, 1.82) is 0 Å². The van der Waals surface area contributed by atoms with Gasteiger partial charge in [0.2, 0.25) is 5.43 Å². The molecule has 1 heterocycles. The van der Waals surface area contributed by atoms with Crippen LogP contribution in [0.1, 0.15) is 11.3 Å². The summed E-state index contributed by atoms with van der Waals surface area (Å²) in [6.07, 6.45) is 2.77. The summed E-state index contributed by atoms with van der Waals surface area (Å²) < 4.78 is 32.7.